The maximum atomic E-state index is 11.8. The molecule has 1 rings (SSSR count). The molecular formula is C14H21NO3S. The van der Waals surface area contributed by atoms with Gasteiger partial charge < -0.3 is 10.2 Å². The molecule has 4 nitrogen and oxygen atoms in total. The molecule has 5 heteroatoms. The molecule has 0 fully saturated rings. The van der Waals surface area contributed by atoms with Gasteiger partial charge in [0.2, 0.25) is 0 Å². The van der Waals surface area contributed by atoms with Crippen LogP contribution in [-0.2, 0) is 10.3 Å². The summed E-state index contributed by atoms with van der Waals surface area (Å²) in [5.74, 6) is 0.468. The Morgan fingerprint density at radius 1 is 1.32 bits per heavy atom. The van der Waals surface area contributed by atoms with Gasteiger partial charge in [-0.15, -0.1) is 0 Å². The van der Waals surface area contributed by atoms with Gasteiger partial charge in [0.1, 0.15) is 5.54 Å². The van der Waals surface area contributed by atoms with Gasteiger partial charge in [-0.3, -0.25) is 5.32 Å². The molecule has 1 aromatic rings. The smallest absolute Gasteiger partial charge is 0.328 e. The van der Waals surface area contributed by atoms with Crippen LogP contribution in [0.5, 0.6) is 0 Å². The molecule has 0 aliphatic carbocycles. The Balaban J connectivity index is 2.91. The fraction of sp³-hybridized carbons (Fsp3) is 0.500. The van der Waals surface area contributed by atoms with Crippen LogP contribution in [0.15, 0.2) is 30.3 Å². The largest absolute Gasteiger partial charge is 0.480 e. The molecule has 19 heavy (non-hydrogen) atoms. The van der Waals surface area contributed by atoms with Crippen molar-refractivity contribution in [2.75, 3.05) is 24.7 Å². The lowest BCUT2D eigenvalue weighted by Gasteiger charge is -2.31. The monoisotopic (exact) mass is 283 g/mol. The first-order valence-electron chi connectivity index (χ1n) is 6.40. The molecule has 0 aromatic heterocycles. The van der Waals surface area contributed by atoms with E-state index in [-0.39, 0.29) is 6.61 Å². The van der Waals surface area contributed by atoms with E-state index in [0.717, 1.165) is 5.56 Å². The Bertz CT molecular complexity index is 386. The summed E-state index contributed by atoms with van der Waals surface area (Å²) in [4.78, 5) is 11.8. The topological polar surface area (TPSA) is 69.6 Å². The van der Waals surface area contributed by atoms with Crippen LogP contribution in [0.25, 0.3) is 0 Å². The Morgan fingerprint density at radius 3 is 2.53 bits per heavy atom. The maximum Gasteiger partial charge on any atom is 0.328 e. The number of carbonyl (C=O) groups is 1. The highest BCUT2D eigenvalue weighted by Crippen LogP contribution is 2.27. The zero-order valence-corrected chi connectivity index (χ0v) is 11.9. The van der Waals surface area contributed by atoms with E-state index in [1.807, 2.05) is 37.3 Å². The standard InChI is InChI=1S/C14H21NO3S/c1-2-15-14(13(17)18,8-10-19-11-9-16)12-6-4-3-5-7-12/h3-7,15-16H,2,8-11H2,1H3,(H,17,18). The van der Waals surface area contributed by atoms with Crippen LogP contribution in [0.4, 0.5) is 0 Å². The quantitative estimate of drug-likeness (QED) is 0.602. The molecule has 0 bridgehead atoms. The third-order valence-electron chi connectivity index (χ3n) is 2.97. The molecule has 0 saturated carbocycles. The number of hydrogen-bond acceptors (Lipinski definition) is 4. The van der Waals surface area contributed by atoms with Crippen molar-refractivity contribution >= 4 is 17.7 Å². The van der Waals surface area contributed by atoms with Crippen molar-refractivity contribution in [3.8, 4) is 0 Å². The summed E-state index contributed by atoms with van der Waals surface area (Å²) in [6.45, 7) is 2.62. The number of rotatable bonds is 9. The van der Waals surface area contributed by atoms with Gasteiger partial charge in [-0.25, -0.2) is 4.79 Å². The third kappa shape index (κ3) is 4.23. The van der Waals surface area contributed by atoms with Crippen molar-refractivity contribution in [2.24, 2.45) is 0 Å². The van der Waals surface area contributed by atoms with E-state index in [0.29, 0.717) is 24.5 Å². The van der Waals surface area contributed by atoms with Crippen LogP contribution in [0.2, 0.25) is 0 Å². The van der Waals surface area contributed by atoms with Gasteiger partial charge in [0.15, 0.2) is 0 Å². The second kappa shape index (κ2) is 8.19. The fourth-order valence-electron chi connectivity index (χ4n) is 2.06. The molecule has 106 valence electrons. The van der Waals surface area contributed by atoms with E-state index in [1.165, 1.54) is 0 Å². The number of likely N-dealkylation sites (N-methyl/N-ethyl adjacent to an activating group) is 1. The lowest BCUT2D eigenvalue weighted by Crippen LogP contribution is -2.49. The lowest BCUT2D eigenvalue weighted by molar-refractivity contribution is -0.145. The van der Waals surface area contributed by atoms with Crippen molar-refractivity contribution in [2.45, 2.75) is 18.9 Å². The number of nitrogens with one attached hydrogen (secondary N) is 1. The Kier molecular flexibility index (Phi) is 6.91. The minimum absolute atomic E-state index is 0.122. The van der Waals surface area contributed by atoms with E-state index in [2.05, 4.69) is 5.32 Å². The highest BCUT2D eigenvalue weighted by Gasteiger charge is 2.38. The first-order chi connectivity index (χ1) is 9.17. The molecule has 1 atom stereocenters. The highest BCUT2D eigenvalue weighted by atomic mass is 32.2. The summed E-state index contributed by atoms with van der Waals surface area (Å²) in [6, 6.07) is 9.26. The molecular weight excluding hydrogens is 262 g/mol. The van der Waals surface area contributed by atoms with E-state index < -0.39 is 11.5 Å². The predicted octanol–water partition coefficient (Wildman–Crippen LogP) is 1.69. The van der Waals surface area contributed by atoms with Crippen molar-refractivity contribution in [3.05, 3.63) is 35.9 Å². The van der Waals surface area contributed by atoms with Gasteiger partial charge in [-0.1, -0.05) is 37.3 Å². The summed E-state index contributed by atoms with van der Waals surface area (Å²) in [5.41, 5.74) is -0.271. The first-order valence-corrected chi connectivity index (χ1v) is 7.55. The molecule has 0 heterocycles. The normalized spacial score (nSPS) is 14.0. The lowest BCUT2D eigenvalue weighted by atomic mass is 9.87. The van der Waals surface area contributed by atoms with Crippen molar-refractivity contribution < 1.29 is 15.0 Å². The van der Waals surface area contributed by atoms with Crippen molar-refractivity contribution in [1.82, 2.24) is 5.32 Å². The Morgan fingerprint density at radius 2 is 2.00 bits per heavy atom. The molecule has 0 aliphatic heterocycles. The average Bonchev–Trinajstić information content (AvgIpc) is 2.43. The Hall–Kier alpha value is -1.04. The number of aliphatic carboxylic acids is 1. The minimum Gasteiger partial charge on any atom is -0.480 e. The zero-order valence-electron chi connectivity index (χ0n) is 11.1. The molecule has 0 radical (unpaired) electrons. The van der Waals surface area contributed by atoms with E-state index in [9.17, 15) is 9.90 Å². The van der Waals surface area contributed by atoms with Gasteiger partial charge in [0, 0.05) is 5.75 Å². The van der Waals surface area contributed by atoms with Gasteiger partial charge in [0.25, 0.3) is 0 Å². The highest BCUT2D eigenvalue weighted by molar-refractivity contribution is 7.99. The van der Waals surface area contributed by atoms with Crippen LogP contribution in [0.1, 0.15) is 18.9 Å². The van der Waals surface area contributed by atoms with E-state index >= 15 is 0 Å². The molecule has 1 unspecified atom stereocenters. The Labute approximate surface area is 118 Å². The zero-order chi connectivity index (χ0) is 14.1. The maximum absolute atomic E-state index is 11.8. The molecule has 3 N–H and O–H groups in total. The predicted molar refractivity (Wildman–Crippen MR) is 78.5 cm³/mol. The third-order valence-corrected chi connectivity index (χ3v) is 3.93. The first kappa shape index (κ1) is 16.0. The molecule has 0 aliphatic rings. The van der Waals surface area contributed by atoms with Crippen LogP contribution < -0.4 is 5.32 Å². The van der Waals surface area contributed by atoms with Crippen molar-refractivity contribution in [3.63, 3.8) is 0 Å². The van der Waals surface area contributed by atoms with Gasteiger partial charge >= 0.3 is 5.97 Å². The summed E-state index contributed by atoms with van der Waals surface area (Å²) in [6.07, 6.45) is 0.491. The minimum atomic E-state index is -1.04. The van der Waals surface area contributed by atoms with Crippen LogP contribution >= 0.6 is 11.8 Å². The second-order valence-electron chi connectivity index (χ2n) is 4.19. The SMILES string of the molecule is CCNC(CCSCCO)(C(=O)O)c1ccccc1. The summed E-state index contributed by atoms with van der Waals surface area (Å²) < 4.78 is 0. The summed E-state index contributed by atoms with van der Waals surface area (Å²) in [5, 5.41) is 21.5. The molecule has 0 spiro atoms. The number of aliphatic hydroxyl groups excluding tert-OH is 1. The molecule has 1 aromatic carbocycles. The number of thioether (sulfide) groups is 1. The van der Waals surface area contributed by atoms with E-state index in [1.54, 1.807) is 11.8 Å². The number of aliphatic hydroxyl groups is 1. The van der Waals surface area contributed by atoms with Crippen LogP contribution in [0, 0.1) is 0 Å². The molecule has 0 saturated heterocycles. The van der Waals surface area contributed by atoms with Gasteiger partial charge in [0.05, 0.1) is 6.61 Å². The summed E-state index contributed by atoms with van der Waals surface area (Å²) >= 11 is 1.56. The number of carboxylic acids is 1. The van der Waals surface area contributed by atoms with Crippen molar-refractivity contribution in [1.29, 1.82) is 0 Å². The van der Waals surface area contributed by atoms with Gasteiger partial charge in [-0.2, -0.15) is 11.8 Å². The van der Waals surface area contributed by atoms with Gasteiger partial charge in [-0.05, 0) is 24.3 Å². The number of carboxylic acid groups (broad SMARTS) is 1. The number of hydrogen-bond donors (Lipinski definition) is 3. The number of benzene rings is 1. The van der Waals surface area contributed by atoms with Crippen LogP contribution in [-0.4, -0.2) is 40.8 Å². The average molecular weight is 283 g/mol. The van der Waals surface area contributed by atoms with Crippen LogP contribution in [0.3, 0.4) is 0 Å². The summed E-state index contributed by atoms with van der Waals surface area (Å²) in [7, 11) is 0. The van der Waals surface area contributed by atoms with E-state index in [4.69, 9.17) is 5.11 Å². The second-order valence-corrected chi connectivity index (χ2v) is 5.42. The molecule has 0 amide bonds. The fourth-order valence-corrected chi connectivity index (χ4v) is 2.84.